The zero-order chi connectivity index (χ0) is 13.8. The zero-order valence-electron chi connectivity index (χ0n) is 12.1. The molecule has 0 fully saturated rings. The van der Waals surface area contributed by atoms with Gasteiger partial charge in [-0.05, 0) is 18.1 Å². The fourth-order valence-electron chi connectivity index (χ4n) is 2.34. The third-order valence-electron chi connectivity index (χ3n) is 3.56. The van der Waals surface area contributed by atoms with Gasteiger partial charge in [0, 0.05) is 12.2 Å². The quantitative estimate of drug-likeness (QED) is 0.365. The minimum absolute atomic E-state index is 0.204. The fraction of sp³-hybridized carbons (Fsp3) is 0.733. The maximum absolute atomic E-state index is 5.60. The molecule has 19 heavy (non-hydrogen) atoms. The number of unbranched alkanes of at least 4 members (excludes halogenated alkanes) is 7. The van der Waals surface area contributed by atoms with E-state index in [1.165, 1.54) is 51.4 Å². The molecule has 0 aromatic carbocycles. The summed E-state index contributed by atoms with van der Waals surface area (Å²) in [5.74, 6) is 5.60. The largest absolute Gasteiger partial charge is 0.271 e. The Morgan fingerprint density at radius 3 is 2.32 bits per heavy atom. The van der Waals surface area contributed by atoms with Gasteiger partial charge in [-0.1, -0.05) is 58.3 Å². The second-order valence-electron chi connectivity index (χ2n) is 5.16. The maximum Gasteiger partial charge on any atom is 0.0544 e. The zero-order valence-corrected chi connectivity index (χ0v) is 12.1. The van der Waals surface area contributed by atoms with Crippen molar-refractivity contribution in [3.8, 4) is 0 Å². The molecule has 0 spiro atoms. The summed E-state index contributed by atoms with van der Waals surface area (Å²) in [6.07, 6.45) is 15.3. The predicted molar refractivity (Wildman–Crippen MR) is 79.3 cm³/mol. The van der Waals surface area contributed by atoms with Gasteiger partial charge in [0.05, 0.1) is 6.20 Å². The van der Waals surface area contributed by atoms with Crippen LogP contribution in [-0.4, -0.2) is 10.2 Å². The standard InChI is InChI=1S/C15H28N4/c1-2-3-4-5-6-7-8-9-10-15(19-16)14-11-12-17-18-13-14/h11-13,15,19H,2-10,16H2,1H3. The van der Waals surface area contributed by atoms with E-state index in [1.807, 2.05) is 6.07 Å². The molecule has 108 valence electrons. The van der Waals surface area contributed by atoms with Gasteiger partial charge in [-0.15, -0.1) is 0 Å². The van der Waals surface area contributed by atoms with Crippen molar-refractivity contribution in [1.29, 1.82) is 0 Å². The number of hydrazine groups is 1. The first-order chi connectivity index (χ1) is 9.38. The number of rotatable bonds is 11. The van der Waals surface area contributed by atoms with E-state index in [0.29, 0.717) is 0 Å². The van der Waals surface area contributed by atoms with E-state index < -0.39 is 0 Å². The number of hydrogen-bond acceptors (Lipinski definition) is 4. The summed E-state index contributed by atoms with van der Waals surface area (Å²) in [5.41, 5.74) is 3.99. The lowest BCUT2D eigenvalue weighted by atomic mass is 10.0. The second-order valence-corrected chi connectivity index (χ2v) is 5.16. The van der Waals surface area contributed by atoms with Crippen molar-refractivity contribution < 1.29 is 0 Å². The monoisotopic (exact) mass is 264 g/mol. The molecule has 1 aromatic rings. The van der Waals surface area contributed by atoms with E-state index in [0.717, 1.165) is 12.0 Å². The van der Waals surface area contributed by atoms with Crippen molar-refractivity contribution in [2.45, 2.75) is 70.8 Å². The Morgan fingerprint density at radius 1 is 1.05 bits per heavy atom. The van der Waals surface area contributed by atoms with E-state index in [2.05, 4.69) is 22.5 Å². The van der Waals surface area contributed by atoms with Crippen molar-refractivity contribution in [3.63, 3.8) is 0 Å². The van der Waals surface area contributed by atoms with Gasteiger partial charge < -0.3 is 0 Å². The lowest BCUT2D eigenvalue weighted by molar-refractivity contribution is 0.473. The van der Waals surface area contributed by atoms with Crippen LogP contribution in [0.4, 0.5) is 0 Å². The molecule has 1 rings (SSSR count). The van der Waals surface area contributed by atoms with Gasteiger partial charge in [0.15, 0.2) is 0 Å². The van der Waals surface area contributed by atoms with Crippen molar-refractivity contribution >= 4 is 0 Å². The predicted octanol–water partition coefficient (Wildman–Crippen LogP) is 3.51. The number of aromatic nitrogens is 2. The van der Waals surface area contributed by atoms with Gasteiger partial charge >= 0.3 is 0 Å². The molecule has 0 aliphatic heterocycles. The Bertz CT molecular complexity index is 302. The number of nitrogens with zero attached hydrogens (tertiary/aromatic N) is 2. The Morgan fingerprint density at radius 2 is 1.74 bits per heavy atom. The highest BCUT2D eigenvalue weighted by atomic mass is 15.2. The number of nitrogens with one attached hydrogen (secondary N) is 1. The minimum Gasteiger partial charge on any atom is -0.271 e. The Labute approximate surface area is 117 Å². The molecule has 0 bridgehead atoms. The molecular weight excluding hydrogens is 236 g/mol. The van der Waals surface area contributed by atoms with Crippen molar-refractivity contribution in [1.82, 2.24) is 15.6 Å². The van der Waals surface area contributed by atoms with Gasteiger partial charge in [-0.2, -0.15) is 10.2 Å². The highest BCUT2D eigenvalue weighted by Gasteiger charge is 2.08. The van der Waals surface area contributed by atoms with Crippen LogP contribution in [0.1, 0.15) is 76.3 Å². The van der Waals surface area contributed by atoms with Crippen LogP contribution < -0.4 is 11.3 Å². The van der Waals surface area contributed by atoms with Crippen LogP contribution >= 0.6 is 0 Å². The molecule has 0 radical (unpaired) electrons. The SMILES string of the molecule is CCCCCCCCCCC(NN)c1ccnnc1. The van der Waals surface area contributed by atoms with Crippen LogP contribution in [0.2, 0.25) is 0 Å². The molecule has 4 nitrogen and oxygen atoms in total. The first-order valence-corrected chi connectivity index (χ1v) is 7.61. The number of nitrogens with two attached hydrogens (primary N) is 1. The van der Waals surface area contributed by atoms with Gasteiger partial charge in [-0.25, -0.2) is 0 Å². The van der Waals surface area contributed by atoms with Crippen LogP contribution in [-0.2, 0) is 0 Å². The summed E-state index contributed by atoms with van der Waals surface area (Å²) >= 11 is 0. The summed E-state index contributed by atoms with van der Waals surface area (Å²) in [4.78, 5) is 0. The van der Waals surface area contributed by atoms with E-state index in [4.69, 9.17) is 5.84 Å². The van der Waals surface area contributed by atoms with Crippen LogP contribution in [0.3, 0.4) is 0 Å². The second kappa shape index (κ2) is 10.9. The van der Waals surface area contributed by atoms with Crippen LogP contribution in [0, 0.1) is 0 Å². The molecule has 1 heterocycles. The lowest BCUT2D eigenvalue weighted by Gasteiger charge is -2.15. The van der Waals surface area contributed by atoms with E-state index >= 15 is 0 Å². The third kappa shape index (κ3) is 7.23. The highest BCUT2D eigenvalue weighted by Crippen LogP contribution is 2.18. The molecular formula is C15H28N4. The van der Waals surface area contributed by atoms with Crippen molar-refractivity contribution in [2.75, 3.05) is 0 Å². The lowest BCUT2D eigenvalue weighted by Crippen LogP contribution is -2.28. The summed E-state index contributed by atoms with van der Waals surface area (Å²) in [5, 5.41) is 7.68. The van der Waals surface area contributed by atoms with Gasteiger partial charge in [-0.3, -0.25) is 11.3 Å². The average molecular weight is 264 g/mol. The van der Waals surface area contributed by atoms with Gasteiger partial charge in [0.25, 0.3) is 0 Å². The van der Waals surface area contributed by atoms with Crippen LogP contribution in [0.25, 0.3) is 0 Å². The summed E-state index contributed by atoms with van der Waals surface area (Å²) < 4.78 is 0. The Balaban J connectivity index is 2.07. The molecule has 3 N–H and O–H groups in total. The smallest absolute Gasteiger partial charge is 0.0544 e. The van der Waals surface area contributed by atoms with Gasteiger partial charge in [0.1, 0.15) is 0 Å². The average Bonchev–Trinajstić information content (AvgIpc) is 2.47. The molecule has 0 aliphatic carbocycles. The fourth-order valence-corrected chi connectivity index (χ4v) is 2.34. The summed E-state index contributed by atoms with van der Waals surface area (Å²) in [7, 11) is 0. The maximum atomic E-state index is 5.60. The first kappa shape index (κ1) is 16.1. The molecule has 0 aliphatic rings. The van der Waals surface area contributed by atoms with Crippen molar-refractivity contribution in [3.05, 3.63) is 24.0 Å². The van der Waals surface area contributed by atoms with Crippen LogP contribution in [0.15, 0.2) is 18.5 Å². The molecule has 1 aromatic heterocycles. The molecule has 1 atom stereocenters. The topological polar surface area (TPSA) is 63.8 Å². The van der Waals surface area contributed by atoms with E-state index in [1.54, 1.807) is 12.4 Å². The summed E-state index contributed by atoms with van der Waals surface area (Å²) in [6.45, 7) is 2.26. The molecule has 0 saturated carbocycles. The molecule has 0 saturated heterocycles. The molecule has 4 heteroatoms. The third-order valence-corrected chi connectivity index (χ3v) is 3.56. The van der Waals surface area contributed by atoms with E-state index in [-0.39, 0.29) is 6.04 Å². The molecule has 0 amide bonds. The van der Waals surface area contributed by atoms with Crippen molar-refractivity contribution in [2.24, 2.45) is 5.84 Å². The highest BCUT2D eigenvalue weighted by molar-refractivity contribution is 5.10. The Hall–Kier alpha value is -1.00. The van der Waals surface area contributed by atoms with Gasteiger partial charge in [0.2, 0.25) is 0 Å². The number of hydrogen-bond donors (Lipinski definition) is 2. The van der Waals surface area contributed by atoms with E-state index in [9.17, 15) is 0 Å². The first-order valence-electron chi connectivity index (χ1n) is 7.61. The molecule has 1 unspecified atom stereocenters. The Kier molecular flexibility index (Phi) is 9.19. The van der Waals surface area contributed by atoms with Crippen LogP contribution in [0.5, 0.6) is 0 Å². The summed E-state index contributed by atoms with van der Waals surface area (Å²) in [6, 6.07) is 2.18. The normalized spacial score (nSPS) is 12.5. The minimum atomic E-state index is 0.204.